The van der Waals surface area contributed by atoms with Gasteiger partial charge in [-0.05, 0) is 51.7 Å². The highest BCUT2D eigenvalue weighted by Gasteiger charge is 2.15. The van der Waals surface area contributed by atoms with E-state index in [2.05, 4.69) is 22.6 Å². The molecule has 0 bridgehead atoms. The standard InChI is InChI=1S/C11H7Cl2IOS/c12-7-1-2-8(9(13)4-7)11(15)6-3-10(14)16-5-6/h1-5,11,15H. The third-order valence-electron chi connectivity index (χ3n) is 2.16. The molecule has 2 rings (SSSR count). The lowest BCUT2D eigenvalue weighted by molar-refractivity contribution is 0.221. The molecule has 0 radical (unpaired) electrons. The van der Waals surface area contributed by atoms with Crippen molar-refractivity contribution in [2.24, 2.45) is 0 Å². The Kier molecular flexibility index (Phi) is 4.13. The van der Waals surface area contributed by atoms with Crippen LogP contribution in [0.15, 0.2) is 29.6 Å². The minimum absolute atomic E-state index is 0.487. The Balaban J connectivity index is 2.37. The average molecular weight is 385 g/mol. The van der Waals surface area contributed by atoms with Gasteiger partial charge in [-0.2, -0.15) is 0 Å². The van der Waals surface area contributed by atoms with Crippen LogP contribution in [0.5, 0.6) is 0 Å². The van der Waals surface area contributed by atoms with Crippen molar-refractivity contribution in [3.05, 3.63) is 53.7 Å². The van der Waals surface area contributed by atoms with Crippen LogP contribution < -0.4 is 0 Å². The van der Waals surface area contributed by atoms with Gasteiger partial charge in [-0.25, -0.2) is 0 Å². The summed E-state index contributed by atoms with van der Waals surface area (Å²) in [4.78, 5) is 0. The van der Waals surface area contributed by atoms with Crippen LogP contribution >= 0.6 is 57.1 Å². The molecule has 84 valence electrons. The zero-order valence-corrected chi connectivity index (χ0v) is 12.4. The summed E-state index contributed by atoms with van der Waals surface area (Å²) in [5.41, 5.74) is 1.54. The fourth-order valence-corrected chi connectivity index (χ4v) is 3.27. The highest BCUT2D eigenvalue weighted by molar-refractivity contribution is 14.1. The number of hydrogen-bond acceptors (Lipinski definition) is 2. The van der Waals surface area contributed by atoms with Gasteiger partial charge in [-0.3, -0.25) is 0 Å². The molecular formula is C11H7Cl2IOS. The Morgan fingerprint density at radius 2 is 2.00 bits per heavy atom. The van der Waals surface area contributed by atoms with Crippen LogP contribution in [-0.4, -0.2) is 5.11 Å². The molecule has 0 aliphatic rings. The number of rotatable bonds is 2. The second-order valence-corrected chi connectivity index (χ2v) is 6.90. The van der Waals surface area contributed by atoms with E-state index in [1.54, 1.807) is 29.5 Å². The molecule has 1 unspecified atom stereocenters. The summed E-state index contributed by atoms with van der Waals surface area (Å²) in [5, 5.41) is 13.1. The van der Waals surface area contributed by atoms with Crippen molar-refractivity contribution in [2.45, 2.75) is 6.10 Å². The summed E-state index contributed by atoms with van der Waals surface area (Å²) >= 11 is 15.7. The molecule has 0 saturated carbocycles. The van der Waals surface area contributed by atoms with Gasteiger partial charge in [-0.1, -0.05) is 29.3 Å². The van der Waals surface area contributed by atoms with E-state index < -0.39 is 6.10 Å². The van der Waals surface area contributed by atoms with Gasteiger partial charge in [0.2, 0.25) is 0 Å². The Bertz CT molecular complexity index is 512. The molecule has 1 aromatic heterocycles. The van der Waals surface area contributed by atoms with Gasteiger partial charge in [0.15, 0.2) is 0 Å². The average Bonchev–Trinajstić information content (AvgIpc) is 2.64. The molecule has 0 amide bonds. The summed E-state index contributed by atoms with van der Waals surface area (Å²) in [6, 6.07) is 7.06. The lowest BCUT2D eigenvalue weighted by atomic mass is 10.0. The molecule has 2 aromatic rings. The van der Waals surface area contributed by atoms with Gasteiger partial charge in [0, 0.05) is 15.6 Å². The molecule has 1 nitrogen and oxygen atoms in total. The lowest BCUT2D eigenvalue weighted by Gasteiger charge is -2.11. The van der Waals surface area contributed by atoms with Crippen molar-refractivity contribution in [3.8, 4) is 0 Å². The first kappa shape index (κ1) is 12.6. The number of benzene rings is 1. The summed E-state index contributed by atoms with van der Waals surface area (Å²) in [6.07, 6.45) is -0.690. The van der Waals surface area contributed by atoms with E-state index in [4.69, 9.17) is 23.2 Å². The predicted octanol–water partition coefficient (Wildman–Crippen LogP) is 4.74. The monoisotopic (exact) mass is 384 g/mol. The van der Waals surface area contributed by atoms with Crippen LogP contribution in [-0.2, 0) is 0 Å². The summed E-state index contributed by atoms with van der Waals surface area (Å²) in [7, 11) is 0. The zero-order valence-electron chi connectivity index (χ0n) is 7.95. The zero-order chi connectivity index (χ0) is 11.7. The first-order chi connectivity index (χ1) is 7.58. The molecule has 1 N–H and O–H groups in total. The van der Waals surface area contributed by atoms with Gasteiger partial charge in [0.05, 0.1) is 2.88 Å². The highest BCUT2D eigenvalue weighted by Crippen LogP contribution is 2.32. The van der Waals surface area contributed by atoms with Gasteiger partial charge >= 0.3 is 0 Å². The van der Waals surface area contributed by atoms with E-state index in [0.717, 1.165) is 8.45 Å². The van der Waals surface area contributed by atoms with Gasteiger partial charge in [-0.15, -0.1) is 11.3 Å². The second kappa shape index (κ2) is 5.23. The van der Waals surface area contributed by atoms with E-state index in [1.165, 1.54) is 0 Å². The molecule has 0 fully saturated rings. The lowest BCUT2D eigenvalue weighted by Crippen LogP contribution is -1.98. The van der Waals surface area contributed by atoms with Crippen molar-refractivity contribution in [3.63, 3.8) is 0 Å². The molecule has 1 atom stereocenters. The van der Waals surface area contributed by atoms with Crippen LogP contribution in [0.2, 0.25) is 10.0 Å². The second-order valence-electron chi connectivity index (χ2n) is 3.25. The fraction of sp³-hybridized carbons (Fsp3) is 0.0909. The SMILES string of the molecule is OC(c1csc(I)c1)c1ccc(Cl)cc1Cl. The predicted molar refractivity (Wildman–Crippen MR) is 77.6 cm³/mol. The molecule has 5 heteroatoms. The molecule has 16 heavy (non-hydrogen) atoms. The molecular weight excluding hydrogens is 378 g/mol. The first-order valence-corrected chi connectivity index (χ1v) is 7.16. The van der Waals surface area contributed by atoms with Crippen LogP contribution in [0.3, 0.4) is 0 Å². The van der Waals surface area contributed by atoms with Gasteiger partial charge < -0.3 is 5.11 Å². The Morgan fingerprint density at radius 1 is 1.25 bits per heavy atom. The van der Waals surface area contributed by atoms with Crippen LogP contribution in [0.25, 0.3) is 0 Å². The van der Waals surface area contributed by atoms with E-state index in [-0.39, 0.29) is 0 Å². The third-order valence-corrected chi connectivity index (χ3v) is 4.53. The quantitative estimate of drug-likeness (QED) is 0.741. The summed E-state index contributed by atoms with van der Waals surface area (Å²) in [5.74, 6) is 0. The maximum absolute atomic E-state index is 10.2. The Labute approximate surface area is 121 Å². The maximum atomic E-state index is 10.2. The van der Waals surface area contributed by atoms with Crippen molar-refractivity contribution < 1.29 is 5.11 Å². The van der Waals surface area contributed by atoms with Crippen molar-refractivity contribution in [2.75, 3.05) is 0 Å². The van der Waals surface area contributed by atoms with Crippen molar-refractivity contribution in [1.82, 2.24) is 0 Å². The number of aliphatic hydroxyl groups is 1. The molecule has 0 aliphatic heterocycles. The first-order valence-electron chi connectivity index (χ1n) is 4.45. The van der Waals surface area contributed by atoms with E-state index in [9.17, 15) is 5.11 Å². The van der Waals surface area contributed by atoms with Crippen LogP contribution in [0, 0.1) is 2.88 Å². The number of thiophene rings is 1. The number of halogens is 3. The van der Waals surface area contributed by atoms with Crippen LogP contribution in [0.1, 0.15) is 17.2 Å². The van der Waals surface area contributed by atoms with Crippen molar-refractivity contribution in [1.29, 1.82) is 0 Å². The van der Waals surface area contributed by atoms with Gasteiger partial charge in [0.25, 0.3) is 0 Å². The number of aliphatic hydroxyl groups excluding tert-OH is 1. The van der Waals surface area contributed by atoms with Crippen LogP contribution in [0.4, 0.5) is 0 Å². The highest BCUT2D eigenvalue weighted by atomic mass is 127. The maximum Gasteiger partial charge on any atom is 0.106 e. The van der Waals surface area contributed by atoms with E-state index in [0.29, 0.717) is 15.6 Å². The summed E-state index contributed by atoms with van der Waals surface area (Å²) in [6.45, 7) is 0. The summed E-state index contributed by atoms with van der Waals surface area (Å²) < 4.78 is 1.14. The molecule has 0 saturated heterocycles. The smallest absolute Gasteiger partial charge is 0.106 e. The van der Waals surface area contributed by atoms with Crippen molar-refractivity contribution >= 4 is 57.1 Å². The normalized spacial score (nSPS) is 12.8. The Morgan fingerprint density at radius 3 is 2.56 bits per heavy atom. The third kappa shape index (κ3) is 2.71. The molecule has 1 aromatic carbocycles. The van der Waals surface area contributed by atoms with E-state index in [1.807, 2.05) is 11.4 Å². The van der Waals surface area contributed by atoms with E-state index >= 15 is 0 Å². The largest absolute Gasteiger partial charge is 0.384 e. The van der Waals surface area contributed by atoms with Gasteiger partial charge in [0.1, 0.15) is 6.10 Å². The number of hydrogen-bond donors (Lipinski definition) is 1. The minimum atomic E-state index is -0.690. The molecule has 1 heterocycles. The Hall–Kier alpha value is 0.190. The topological polar surface area (TPSA) is 20.2 Å². The fourth-order valence-electron chi connectivity index (χ4n) is 1.37. The molecule has 0 spiro atoms. The minimum Gasteiger partial charge on any atom is -0.384 e. The molecule has 0 aliphatic carbocycles.